The van der Waals surface area contributed by atoms with Crippen molar-refractivity contribution in [3.8, 4) is 0 Å². The maximum Gasteiger partial charge on any atom is 0.245 e. The quantitative estimate of drug-likeness (QED) is 0.761. The average molecular weight is 407 g/mol. The van der Waals surface area contributed by atoms with Crippen LogP contribution in [0.3, 0.4) is 0 Å². The number of anilines is 2. The molecule has 7 nitrogen and oxygen atoms in total. The van der Waals surface area contributed by atoms with Gasteiger partial charge in [0.1, 0.15) is 0 Å². The number of hydrogen-bond acceptors (Lipinski definition) is 7. The standard InChI is InChI=1S/C21H22N6OS/c1-27(2)21-20(23-11-13-7-4-3-5-8-13)24-19(25-26-21)16-12-29-17-14(16)9-6-10-15(17)18(22)28/h3-10,12,14,17H,11H2,1-2H3,(H2,22,28)(H,23,24,25). The Hall–Kier alpha value is -3.13. The third-order valence-corrected chi connectivity index (χ3v) is 6.10. The Bertz CT molecular complexity index is 1020. The van der Waals surface area contributed by atoms with E-state index in [1.54, 1.807) is 17.8 Å². The van der Waals surface area contributed by atoms with Crippen molar-refractivity contribution in [2.45, 2.75) is 11.8 Å². The Morgan fingerprint density at radius 1 is 1.24 bits per heavy atom. The molecule has 1 aliphatic heterocycles. The third kappa shape index (κ3) is 3.88. The van der Waals surface area contributed by atoms with Gasteiger partial charge in [-0.3, -0.25) is 4.79 Å². The van der Waals surface area contributed by atoms with E-state index < -0.39 is 5.91 Å². The SMILES string of the molecule is CN(C)c1nnc(C2=CSC3C(C(N)=O)=CC=CC23)nc1NCc1ccccc1. The number of benzene rings is 1. The molecule has 2 unspecified atom stereocenters. The lowest BCUT2D eigenvalue weighted by Crippen LogP contribution is -2.27. The number of carbonyl (C=O) groups is 1. The highest BCUT2D eigenvalue weighted by Crippen LogP contribution is 2.46. The second-order valence-electron chi connectivity index (χ2n) is 7.07. The first-order valence-corrected chi connectivity index (χ1v) is 10.2. The minimum atomic E-state index is -0.390. The minimum absolute atomic E-state index is 0.00137. The summed E-state index contributed by atoms with van der Waals surface area (Å²) in [4.78, 5) is 18.4. The largest absolute Gasteiger partial charge is 0.366 e. The van der Waals surface area contributed by atoms with Crippen LogP contribution in [-0.2, 0) is 11.3 Å². The van der Waals surface area contributed by atoms with Gasteiger partial charge in [-0.05, 0) is 11.0 Å². The van der Waals surface area contributed by atoms with E-state index in [1.165, 1.54) is 0 Å². The highest BCUT2D eigenvalue weighted by Gasteiger charge is 2.37. The van der Waals surface area contributed by atoms with Crippen molar-refractivity contribution in [3.63, 3.8) is 0 Å². The van der Waals surface area contributed by atoms with E-state index >= 15 is 0 Å². The summed E-state index contributed by atoms with van der Waals surface area (Å²) in [6.45, 7) is 0.633. The number of thioether (sulfide) groups is 1. The highest BCUT2D eigenvalue weighted by molar-refractivity contribution is 8.03. The van der Waals surface area contributed by atoms with E-state index in [4.69, 9.17) is 10.7 Å². The molecule has 1 aromatic carbocycles. The van der Waals surface area contributed by atoms with Crippen LogP contribution < -0.4 is 16.0 Å². The molecular weight excluding hydrogens is 384 g/mol. The van der Waals surface area contributed by atoms with Crippen LogP contribution in [0.1, 0.15) is 11.4 Å². The minimum Gasteiger partial charge on any atom is -0.366 e. The van der Waals surface area contributed by atoms with Crippen LogP contribution in [0, 0.1) is 5.92 Å². The molecule has 0 spiro atoms. The van der Waals surface area contributed by atoms with E-state index in [0.29, 0.717) is 29.6 Å². The van der Waals surface area contributed by atoms with Gasteiger partial charge in [0.25, 0.3) is 0 Å². The van der Waals surface area contributed by atoms with Crippen LogP contribution in [0.4, 0.5) is 11.6 Å². The number of amides is 1. The first-order valence-electron chi connectivity index (χ1n) is 9.28. The lowest BCUT2D eigenvalue weighted by molar-refractivity contribution is -0.114. The van der Waals surface area contributed by atoms with Gasteiger partial charge in [0, 0.05) is 43.0 Å². The Morgan fingerprint density at radius 3 is 2.76 bits per heavy atom. The third-order valence-electron chi connectivity index (χ3n) is 4.87. The number of hydrogen-bond donors (Lipinski definition) is 2. The fourth-order valence-electron chi connectivity index (χ4n) is 3.39. The zero-order valence-electron chi connectivity index (χ0n) is 16.2. The molecule has 148 valence electrons. The molecule has 29 heavy (non-hydrogen) atoms. The van der Waals surface area contributed by atoms with Crippen molar-refractivity contribution in [3.05, 3.63) is 70.9 Å². The van der Waals surface area contributed by atoms with Gasteiger partial charge in [0.15, 0.2) is 17.5 Å². The number of nitrogens with zero attached hydrogens (tertiary/aromatic N) is 4. The Balaban J connectivity index is 1.61. The van der Waals surface area contributed by atoms with Crippen LogP contribution >= 0.6 is 11.8 Å². The second-order valence-corrected chi connectivity index (χ2v) is 8.08. The molecular formula is C21H22N6OS. The van der Waals surface area contributed by atoms with E-state index in [2.05, 4.69) is 33.7 Å². The van der Waals surface area contributed by atoms with Crippen molar-refractivity contribution in [1.29, 1.82) is 0 Å². The summed E-state index contributed by atoms with van der Waals surface area (Å²) in [6, 6.07) is 10.1. The molecule has 0 fully saturated rings. The van der Waals surface area contributed by atoms with Crippen LogP contribution in [0.5, 0.6) is 0 Å². The van der Waals surface area contributed by atoms with E-state index in [9.17, 15) is 4.79 Å². The van der Waals surface area contributed by atoms with Crippen molar-refractivity contribution in [2.24, 2.45) is 11.7 Å². The lowest BCUT2D eigenvalue weighted by Gasteiger charge is -2.23. The second kappa shape index (κ2) is 8.08. The Labute approximate surface area is 173 Å². The fraction of sp³-hybridized carbons (Fsp3) is 0.238. The summed E-state index contributed by atoms with van der Waals surface area (Å²) in [5.41, 5.74) is 8.26. The molecule has 0 bridgehead atoms. The molecule has 1 amide bonds. The number of carbonyl (C=O) groups excluding carboxylic acids is 1. The molecule has 0 saturated carbocycles. The predicted molar refractivity (Wildman–Crippen MR) is 117 cm³/mol. The number of allylic oxidation sites excluding steroid dienone is 4. The smallest absolute Gasteiger partial charge is 0.245 e. The summed E-state index contributed by atoms with van der Waals surface area (Å²) in [6.07, 6.45) is 5.72. The van der Waals surface area contributed by atoms with Crippen LogP contribution in [0.25, 0.3) is 5.57 Å². The van der Waals surface area contributed by atoms with E-state index in [1.807, 2.05) is 48.7 Å². The molecule has 3 N–H and O–H groups in total. The number of rotatable bonds is 6. The number of aromatic nitrogens is 3. The van der Waals surface area contributed by atoms with Gasteiger partial charge in [-0.1, -0.05) is 48.6 Å². The number of nitrogens with one attached hydrogen (secondary N) is 1. The van der Waals surface area contributed by atoms with Crippen LogP contribution in [0.15, 0.2) is 59.5 Å². The summed E-state index contributed by atoms with van der Waals surface area (Å²) < 4.78 is 0. The van der Waals surface area contributed by atoms with E-state index in [0.717, 1.165) is 11.1 Å². The fourth-order valence-corrected chi connectivity index (χ4v) is 4.69. The van der Waals surface area contributed by atoms with Gasteiger partial charge in [0.2, 0.25) is 5.91 Å². The maximum absolute atomic E-state index is 11.8. The lowest BCUT2D eigenvalue weighted by atomic mass is 9.88. The van der Waals surface area contributed by atoms with Crippen molar-refractivity contribution in [1.82, 2.24) is 15.2 Å². The van der Waals surface area contributed by atoms with Gasteiger partial charge in [-0.25, -0.2) is 4.98 Å². The molecule has 2 aliphatic rings. The highest BCUT2D eigenvalue weighted by atomic mass is 32.2. The number of fused-ring (bicyclic) bond motifs is 1. The van der Waals surface area contributed by atoms with Crippen molar-refractivity contribution >= 4 is 34.9 Å². The Kier molecular flexibility index (Phi) is 5.35. The normalized spacial score (nSPS) is 19.9. The molecule has 0 radical (unpaired) electrons. The summed E-state index contributed by atoms with van der Waals surface area (Å²) in [7, 11) is 3.82. The number of primary amides is 1. The monoisotopic (exact) mass is 406 g/mol. The first kappa shape index (κ1) is 19.2. The van der Waals surface area contributed by atoms with Gasteiger partial charge in [0.05, 0.1) is 0 Å². The molecule has 2 atom stereocenters. The van der Waals surface area contributed by atoms with Crippen LogP contribution in [-0.4, -0.2) is 40.4 Å². The number of nitrogens with two attached hydrogens (primary N) is 1. The molecule has 4 rings (SSSR count). The van der Waals surface area contributed by atoms with E-state index in [-0.39, 0.29) is 11.2 Å². The molecule has 1 aliphatic carbocycles. The summed E-state index contributed by atoms with van der Waals surface area (Å²) >= 11 is 1.57. The molecule has 8 heteroatoms. The summed E-state index contributed by atoms with van der Waals surface area (Å²) in [5.74, 6) is 1.51. The summed E-state index contributed by atoms with van der Waals surface area (Å²) in [5, 5.41) is 14.1. The topological polar surface area (TPSA) is 97.0 Å². The van der Waals surface area contributed by atoms with Crippen LogP contribution in [0.2, 0.25) is 0 Å². The molecule has 2 aromatic rings. The Morgan fingerprint density at radius 2 is 2.03 bits per heavy atom. The molecule has 1 aromatic heterocycles. The van der Waals surface area contributed by atoms with Crippen molar-refractivity contribution in [2.75, 3.05) is 24.3 Å². The zero-order valence-corrected chi connectivity index (χ0v) is 17.1. The average Bonchev–Trinajstić information content (AvgIpc) is 3.16. The first-order chi connectivity index (χ1) is 14.0. The van der Waals surface area contributed by atoms with Gasteiger partial charge < -0.3 is 16.0 Å². The van der Waals surface area contributed by atoms with Gasteiger partial charge in [-0.15, -0.1) is 22.0 Å². The van der Waals surface area contributed by atoms with Gasteiger partial charge >= 0.3 is 0 Å². The van der Waals surface area contributed by atoms with Gasteiger partial charge in [-0.2, -0.15) is 0 Å². The molecule has 0 saturated heterocycles. The predicted octanol–water partition coefficient (Wildman–Crippen LogP) is 2.60. The molecule has 2 heterocycles. The van der Waals surface area contributed by atoms with Crippen molar-refractivity contribution < 1.29 is 4.79 Å². The maximum atomic E-state index is 11.8. The zero-order chi connectivity index (χ0) is 20.4.